The predicted octanol–water partition coefficient (Wildman–Crippen LogP) is 1.65. The largest absolute Gasteiger partial charge is 0.573 e. The minimum absolute atomic E-state index is 0.0199. The third kappa shape index (κ3) is 3.75. The summed E-state index contributed by atoms with van der Waals surface area (Å²) in [5.74, 6) is 0.248. The van der Waals surface area contributed by atoms with Crippen LogP contribution in [0.1, 0.15) is 6.92 Å². The Morgan fingerprint density at radius 3 is 2.35 bits per heavy atom. The Bertz CT molecular complexity index is 468. The fraction of sp³-hybridized carbons (Fsp3) is 0.500. The van der Waals surface area contributed by atoms with Crippen molar-refractivity contribution in [3.8, 4) is 5.75 Å². The molecule has 0 N–H and O–H groups in total. The highest BCUT2D eigenvalue weighted by Crippen LogP contribution is 2.23. The number of aromatic nitrogens is 1. The monoisotopic (exact) mass is 289 g/mol. The molecule has 110 valence electrons. The van der Waals surface area contributed by atoms with E-state index in [2.05, 4.69) is 9.72 Å². The number of carbonyl (C=O) groups excluding carboxylic acids is 1. The molecule has 2 rings (SSSR count). The molecule has 0 bridgehead atoms. The number of halogens is 3. The number of alkyl halides is 3. The molecule has 1 aromatic heterocycles. The van der Waals surface area contributed by atoms with Crippen molar-refractivity contribution in [1.29, 1.82) is 0 Å². The summed E-state index contributed by atoms with van der Waals surface area (Å²) in [5.41, 5.74) is 0. The van der Waals surface area contributed by atoms with Crippen molar-refractivity contribution in [2.75, 3.05) is 31.1 Å². The second-order valence-electron chi connectivity index (χ2n) is 4.39. The smallest absolute Gasteiger partial charge is 0.404 e. The second-order valence-corrected chi connectivity index (χ2v) is 4.39. The molecule has 0 unspecified atom stereocenters. The van der Waals surface area contributed by atoms with Crippen LogP contribution in [0.15, 0.2) is 18.3 Å². The number of pyridine rings is 1. The molecule has 5 nitrogen and oxygen atoms in total. The molecule has 2 heterocycles. The standard InChI is InChI=1S/C12H14F3N3O2/c1-9(19)17-4-6-18(7-5-17)11-3-2-10(8-16-11)20-12(13,14)15/h2-3,8H,4-7H2,1H3. The number of nitrogens with zero attached hydrogens (tertiary/aromatic N) is 3. The van der Waals surface area contributed by atoms with Crippen LogP contribution in [0.3, 0.4) is 0 Å². The van der Waals surface area contributed by atoms with Crippen LogP contribution in [0.5, 0.6) is 5.75 Å². The van der Waals surface area contributed by atoms with E-state index in [-0.39, 0.29) is 11.7 Å². The van der Waals surface area contributed by atoms with Gasteiger partial charge in [-0.05, 0) is 12.1 Å². The van der Waals surface area contributed by atoms with Crippen LogP contribution in [-0.2, 0) is 4.79 Å². The van der Waals surface area contributed by atoms with Crippen LogP contribution < -0.4 is 9.64 Å². The highest BCUT2D eigenvalue weighted by Gasteiger charge is 2.31. The first-order valence-corrected chi connectivity index (χ1v) is 6.07. The minimum Gasteiger partial charge on any atom is -0.404 e. The van der Waals surface area contributed by atoms with Crippen LogP contribution in [0, 0.1) is 0 Å². The molecular weight excluding hydrogens is 275 g/mol. The fourth-order valence-electron chi connectivity index (χ4n) is 2.00. The fourth-order valence-corrected chi connectivity index (χ4v) is 2.00. The van der Waals surface area contributed by atoms with Gasteiger partial charge in [-0.2, -0.15) is 0 Å². The summed E-state index contributed by atoms with van der Waals surface area (Å²) >= 11 is 0. The van der Waals surface area contributed by atoms with Gasteiger partial charge in [0.25, 0.3) is 0 Å². The van der Waals surface area contributed by atoms with E-state index in [1.54, 1.807) is 4.90 Å². The Hall–Kier alpha value is -1.99. The summed E-state index contributed by atoms with van der Waals surface area (Å²) in [6.07, 6.45) is -3.67. The lowest BCUT2D eigenvalue weighted by atomic mass is 10.3. The summed E-state index contributed by atoms with van der Waals surface area (Å²) in [5, 5.41) is 0. The van der Waals surface area contributed by atoms with Gasteiger partial charge in [0, 0.05) is 33.1 Å². The van der Waals surface area contributed by atoms with Crippen LogP contribution in [-0.4, -0.2) is 48.3 Å². The maximum Gasteiger partial charge on any atom is 0.573 e. The van der Waals surface area contributed by atoms with Crippen LogP contribution in [0.2, 0.25) is 0 Å². The summed E-state index contributed by atoms with van der Waals surface area (Å²) in [6.45, 7) is 3.88. The Morgan fingerprint density at radius 1 is 1.25 bits per heavy atom. The van der Waals surface area contributed by atoms with E-state index in [1.165, 1.54) is 19.1 Å². The number of rotatable bonds is 2. The SMILES string of the molecule is CC(=O)N1CCN(c2ccc(OC(F)(F)F)cn2)CC1. The topological polar surface area (TPSA) is 45.7 Å². The first-order valence-electron chi connectivity index (χ1n) is 6.07. The maximum atomic E-state index is 12.0. The van der Waals surface area contributed by atoms with E-state index in [4.69, 9.17) is 0 Å². The van der Waals surface area contributed by atoms with E-state index >= 15 is 0 Å². The average Bonchev–Trinajstić information content (AvgIpc) is 2.38. The lowest BCUT2D eigenvalue weighted by molar-refractivity contribution is -0.274. The maximum absolute atomic E-state index is 12.0. The number of piperazine rings is 1. The Labute approximate surface area is 113 Å². The van der Waals surface area contributed by atoms with E-state index < -0.39 is 6.36 Å². The van der Waals surface area contributed by atoms with Gasteiger partial charge in [0.2, 0.25) is 5.91 Å². The molecule has 0 saturated carbocycles. The lowest BCUT2D eigenvalue weighted by Crippen LogP contribution is -2.48. The van der Waals surface area contributed by atoms with Crippen molar-refractivity contribution in [3.63, 3.8) is 0 Å². The summed E-state index contributed by atoms with van der Waals surface area (Å²) in [4.78, 5) is 18.8. The van der Waals surface area contributed by atoms with Gasteiger partial charge in [-0.15, -0.1) is 13.2 Å². The molecule has 1 fully saturated rings. The summed E-state index contributed by atoms with van der Waals surface area (Å²) < 4.78 is 39.8. The second kappa shape index (κ2) is 5.56. The van der Waals surface area contributed by atoms with Crippen LogP contribution in [0.4, 0.5) is 19.0 Å². The molecule has 1 saturated heterocycles. The van der Waals surface area contributed by atoms with Gasteiger partial charge in [-0.25, -0.2) is 4.98 Å². The van der Waals surface area contributed by atoms with Crippen molar-refractivity contribution < 1.29 is 22.7 Å². The van der Waals surface area contributed by atoms with Gasteiger partial charge in [0.15, 0.2) is 0 Å². The number of amides is 1. The predicted molar refractivity (Wildman–Crippen MR) is 65.4 cm³/mol. The van der Waals surface area contributed by atoms with Gasteiger partial charge < -0.3 is 14.5 Å². The van der Waals surface area contributed by atoms with Crippen molar-refractivity contribution >= 4 is 11.7 Å². The molecule has 0 spiro atoms. The van der Waals surface area contributed by atoms with Crippen molar-refractivity contribution in [1.82, 2.24) is 9.88 Å². The quantitative estimate of drug-likeness (QED) is 0.830. The molecule has 0 aliphatic carbocycles. The van der Waals surface area contributed by atoms with Crippen molar-refractivity contribution in [3.05, 3.63) is 18.3 Å². The molecule has 0 radical (unpaired) electrons. The highest BCUT2D eigenvalue weighted by atomic mass is 19.4. The first kappa shape index (κ1) is 14.4. The zero-order chi connectivity index (χ0) is 14.8. The Morgan fingerprint density at radius 2 is 1.90 bits per heavy atom. The van der Waals surface area contributed by atoms with Gasteiger partial charge in [-0.1, -0.05) is 0 Å². The van der Waals surface area contributed by atoms with Crippen LogP contribution >= 0.6 is 0 Å². The van der Waals surface area contributed by atoms with Crippen molar-refractivity contribution in [2.24, 2.45) is 0 Å². The number of ether oxygens (including phenoxy) is 1. The van der Waals surface area contributed by atoms with Gasteiger partial charge in [0.05, 0.1) is 6.20 Å². The zero-order valence-electron chi connectivity index (χ0n) is 10.9. The van der Waals surface area contributed by atoms with Crippen LogP contribution in [0.25, 0.3) is 0 Å². The number of hydrogen-bond acceptors (Lipinski definition) is 4. The highest BCUT2D eigenvalue weighted by molar-refractivity contribution is 5.73. The number of carbonyl (C=O) groups is 1. The molecule has 0 aromatic carbocycles. The minimum atomic E-state index is -4.71. The molecule has 8 heteroatoms. The van der Waals surface area contributed by atoms with Gasteiger partial charge in [-0.3, -0.25) is 4.79 Å². The Balaban J connectivity index is 1.96. The summed E-state index contributed by atoms with van der Waals surface area (Å²) in [6, 6.07) is 2.71. The van der Waals surface area contributed by atoms with Crippen molar-refractivity contribution in [2.45, 2.75) is 13.3 Å². The Kier molecular flexibility index (Phi) is 4.01. The lowest BCUT2D eigenvalue weighted by Gasteiger charge is -2.34. The summed E-state index contributed by atoms with van der Waals surface area (Å²) in [7, 11) is 0. The van der Waals surface area contributed by atoms with E-state index in [0.29, 0.717) is 32.0 Å². The zero-order valence-corrected chi connectivity index (χ0v) is 10.9. The average molecular weight is 289 g/mol. The molecule has 1 aromatic rings. The van der Waals surface area contributed by atoms with E-state index in [0.717, 1.165) is 6.20 Å². The molecule has 1 aliphatic rings. The molecule has 1 aliphatic heterocycles. The number of anilines is 1. The van der Waals surface area contributed by atoms with Gasteiger partial charge >= 0.3 is 6.36 Å². The first-order chi connectivity index (χ1) is 9.35. The third-order valence-corrected chi connectivity index (χ3v) is 3.00. The number of hydrogen-bond donors (Lipinski definition) is 0. The molecular formula is C12H14F3N3O2. The molecule has 1 amide bonds. The normalized spacial score (nSPS) is 16.2. The third-order valence-electron chi connectivity index (χ3n) is 3.00. The molecule has 0 atom stereocenters. The molecule has 20 heavy (non-hydrogen) atoms. The van der Waals surface area contributed by atoms with E-state index in [9.17, 15) is 18.0 Å². The van der Waals surface area contributed by atoms with Gasteiger partial charge in [0.1, 0.15) is 11.6 Å². The van der Waals surface area contributed by atoms with E-state index in [1.807, 2.05) is 4.90 Å².